The molecular weight excluding hydrogens is 330 g/mol. The van der Waals surface area contributed by atoms with E-state index in [0.717, 1.165) is 38.7 Å². The van der Waals surface area contributed by atoms with Gasteiger partial charge in [0.1, 0.15) is 0 Å². The maximum absolute atomic E-state index is 12.1. The molecule has 1 aliphatic rings. The first kappa shape index (κ1) is 18.0. The van der Waals surface area contributed by atoms with Crippen molar-refractivity contribution in [3.8, 4) is 0 Å². The Labute approximate surface area is 153 Å². The minimum atomic E-state index is -0.0191. The average molecular weight is 353 g/mol. The lowest BCUT2D eigenvalue weighted by Gasteiger charge is -2.34. The number of rotatable bonds is 6. The molecule has 0 saturated carbocycles. The first-order valence-electron chi connectivity index (χ1n) is 8.77. The smallest absolute Gasteiger partial charge is 0.225 e. The molecule has 0 unspecified atom stereocenters. The summed E-state index contributed by atoms with van der Waals surface area (Å²) in [7, 11) is 0. The van der Waals surface area contributed by atoms with Crippen molar-refractivity contribution in [2.24, 2.45) is 0 Å². The number of hydrogen-bond donors (Lipinski definition) is 1. The Morgan fingerprint density at radius 2 is 1.69 bits per heavy atom. The summed E-state index contributed by atoms with van der Waals surface area (Å²) in [5, 5.41) is 2.87. The van der Waals surface area contributed by atoms with Crippen LogP contribution >= 0.6 is 0 Å². The summed E-state index contributed by atoms with van der Waals surface area (Å²) in [6.45, 7) is 5.74. The highest BCUT2D eigenvalue weighted by atomic mass is 16.1. The van der Waals surface area contributed by atoms with Crippen LogP contribution in [0.2, 0.25) is 0 Å². The number of ketones is 1. The minimum absolute atomic E-state index is 0.0166. The van der Waals surface area contributed by atoms with E-state index < -0.39 is 0 Å². The van der Waals surface area contributed by atoms with Crippen LogP contribution in [0.5, 0.6) is 0 Å². The molecular formula is C19H23N5O2. The third kappa shape index (κ3) is 4.86. The summed E-state index contributed by atoms with van der Waals surface area (Å²) in [6, 6.07) is 8.78. The van der Waals surface area contributed by atoms with Crippen LogP contribution in [0.25, 0.3) is 0 Å². The van der Waals surface area contributed by atoms with Crippen molar-refractivity contribution < 1.29 is 9.59 Å². The van der Waals surface area contributed by atoms with Crippen LogP contribution in [0.1, 0.15) is 23.7 Å². The highest BCUT2D eigenvalue weighted by molar-refractivity contribution is 5.95. The number of hydrogen-bond acceptors (Lipinski definition) is 6. The molecule has 1 saturated heterocycles. The van der Waals surface area contributed by atoms with Crippen LogP contribution in [0.4, 0.5) is 11.6 Å². The van der Waals surface area contributed by atoms with Gasteiger partial charge in [0.15, 0.2) is 5.78 Å². The van der Waals surface area contributed by atoms with Crippen LogP contribution in [0.15, 0.2) is 42.7 Å². The van der Waals surface area contributed by atoms with Gasteiger partial charge in [0, 0.05) is 62.8 Å². The lowest BCUT2D eigenvalue weighted by atomic mass is 10.1. The van der Waals surface area contributed by atoms with Gasteiger partial charge >= 0.3 is 0 Å². The molecule has 2 aromatic rings. The summed E-state index contributed by atoms with van der Waals surface area (Å²) in [4.78, 5) is 36.4. The Bertz CT molecular complexity index is 740. The number of amides is 1. The molecule has 0 bridgehead atoms. The number of carbonyl (C=O) groups excluding carboxylic acids is 2. The molecule has 1 fully saturated rings. The molecule has 136 valence electrons. The number of anilines is 2. The normalized spacial score (nSPS) is 14.9. The lowest BCUT2D eigenvalue weighted by molar-refractivity contribution is -0.116. The second-order valence-electron chi connectivity index (χ2n) is 6.31. The molecule has 26 heavy (non-hydrogen) atoms. The molecule has 0 radical (unpaired) electrons. The zero-order valence-electron chi connectivity index (χ0n) is 14.9. The molecule has 1 aromatic heterocycles. The van der Waals surface area contributed by atoms with E-state index >= 15 is 0 Å². The fraction of sp³-hybridized carbons (Fsp3) is 0.368. The predicted octanol–water partition coefficient (Wildman–Crippen LogP) is 1.83. The van der Waals surface area contributed by atoms with Crippen molar-refractivity contribution in [1.29, 1.82) is 0 Å². The van der Waals surface area contributed by atoms with E-state index in [-0.39, 0.29) is 11.7 Å². The number of aromatic nitrogens is 2. The van der Waals surface area contributed by atoms with E-state index in [2.05, 4.69) is 25.1 Å². The predicted molar refractivity (Wildman–Crippen MR) is 100 cm³/mol. The maximum Gasteiger partial charge on any atom is 0.225 e. The quantitative estimate of drug-likeness (QED) is 0.798. The van der Waals surface area contributed by atoms with Gasteiger partial charge in [-0.05, 0) is 37.3 Å². The van der Waals surface area contributed by atoms with Gasteiger partial charge in [-0.1, -0.05) is 0 Å². The highest BCUT2D eigenvalue weighted by Gasteiger charge is 2.19. The molecule has 7 heteroatoms. The second kappa shape index (κ2) is 8.53. The maximum atomic E-state index is 12.1. The van der Waals surface area contributed by atoms with Crippen LogP contribution in [0, 0.1) is 0 Å². The minimum Gasteiger partial charge on any atom is -0.338 e. The monoisotopic (exact) mass is 353 g/mol. The lowest BCUT2D eigenvalue weighted by Crippen LogP contribution is -2.47. The summed E-state index contributed by atoms with van der Waals surface area (Å²) >= 11 is 0. The Hall–Kier alpha value is -2.80. The number of Topliss-reactive ketones (excluding diaryl/α,β-unsaturated/α-hetero) is 1. The standard InChI is InChI=1S/C19H23N5O2/c1-15(25)16-3-5-17(6-4-16)22-18(26)7-10-23-11-13-24(14-12-23)19-20-8-2-9-21-19/h2-6,8-9H,7,10-14H2,1H3,(H,22,26). The van der Waals surface area contributed by atoms with E-state index in [9.17, 15) is 9.59 Å². The van der Waals surface area contributed by atoms with Crippen LogP contribution in [-0.2, 0) is 4.79 Å². The first-order valence-corrected chi connectivity index (χ1v) is 8.77. The second-order valence-corrected chi connectivity index (χ2v) is 6.31. The first-order chi connectivity index (χ1) is 12.6. The van der Waals surface area contributed by atoms with Gasteiger partial charge in [-0.3, -0.25) is 14.5 Å². The molecule has 1 N–H and O–H groups in total. The highest BCUT2D eigenvalue weighted by Crippen LogP contribution is 2.12. The van der Waals surface area contributed by atoms with E-state index in [1.165, 1.54) is 6.92 Å². The van der Waals surface area contributed by atoms with Crippen LogP contribution in [-0.4, -0.2) is 59.3 Å². The van der Waals surface area contributed by atoms with Crippen molar-refractivity contribution in [1.82, 2.24) is 14.9 Å². The largest absolute Gasteiger partial charge is 0.338 e. The average Bonchev–Trinajstić information content (AvgIpc) is 2.68. The Balaban J connectivity index is 1.40. The molecule has 1 aliphatic heterocycles. The molecule has 0 spiro atoms. The summed E-state index contributed by atoms with van der Waals surface area (Å²) in [5.41, 5.74) is 1.36. The summed E-state index contributed by atoms with van der Waals surface area (Å²) in [5.74, 6) is 0.760. The van der Waals surface area contributed by atoms with Crippen molar-refractivity contribution in [2.75, 3.05) is 42.9 Å². The van der Waals surface area contributed by atoms with Crippen molar-refractivity contribution >= 4 is 23.3 Å². The fourth-order valence-corrected chi connectivity index (χ4v) is 2.90. The number of piperazine rings is 1. The van der Waals surface area contributed by atoms with E-state index in [4.69, 9.17) is 0 Å². The number of benzene rings is 1. The summed E-state index contributed by atoms with van der Waals surface area (Å²) < 4.78 is 0. The number of nitrogens with one attached hydrogen (secondary N) is 1. The molecule has 1 amide bonds. The van der Waals surface area contributed by atoms with Gasteiger partial charge in [-0.15, -0.1) is 0 Å². The van der Waals surface area contributed by atoms with Crippen LogP contribution in [0.3, 0.4) is 0 Å². The van der Waals surface area contributed by atoms with Gasteiger partial charge in [-0.25, -0.2) is 9.97 Å². The van der Waals surface area contributed by atoms with Gasteiger partial charge in [0.25, 0.3) is 0 Å². The zero-order valence-corrected chi connectivity index (χ0v) is 14.9. The Morgan fingerprint density at radius 1 is 1.04 bits per heavy atom. The third-order valence-electron chi connectivity index (χ3n) is 4.44. The fourth-order valence-electron chi connectivity index (χ4n) is 2.90. The van der Waals surface area contributed by atoms with Gasteiger partial charge in [-0.2, -0.15) is 0 Å². The molecule has 2 heterocycles. The third-order valence-corrected chi connectivity index (χ3v) is 4.44. The van der Waals surface area contributed by atoms with Crippen molar-refractivity contribution in [3.05, 3.63) is 48.3 Å². The molecule has 0 atom stereocenters. The number of nitrogens with zero attached hydrogens (tertiary/aromatic N) is 4. The van der Waals surface area contributed by atoms with E-state index in [1.54, 1.807) is 36.7 Å². The zero-order chi connectivity index (χ0) is 18.4. The SMILES string of the molecule is CC(=O)c1ccc(NC(=O)CCN2CCN(c3ncccn3)CC2)cc1. The Kier molecular flexibility index (Phi) is 5.91. The Morgan fingerprint density at radius 3 is 2.31 bits per heavy atom. The van der Waals surface area contributed by atoms with Gasteiger partial charge in [0.2, 0.25) is 11.9 Å². The van der Waals surface area contributed by atoms with Gasteiger partial charge in [0.05, 0.1) is 0 Å². The topological polar surface area (TPSA) is 78.4 Å². The molecule has 7 nitrogen and oxygen atoms in total. The molecule has 0 aliphatic carbocycles. The van der Waals surface area contributed by atoms with Crippen molar-refractivity contribution in [2.45, 2.75) is 13.3 Å². The van der Waals surface area contributed by atoms with E-state index in [0.29, 0.717) is 17.7 Å². The van der Waals surface area contributed by atoms with Crippen molar-refractivity contribution in [3.63, 3.8) is 0 Å². The molecule has 1 aromatic carbocycles. The van der Waals surface area contributed by atoms with E-state index in [1.807, 2.05) is 6.07 Å². The summed E-state index contributed by atoms with van der Waals surface area (Å²) in [6.07, 6.45) is 3.94. The number of carbonyl (C=O) groups is 2. The van der Waals surface area contributed by atoms with Crippen LogP contribution < -0.4 is 10.2 Å². The van der Waals surface area contributed by atoms with Gasteiger partial charge < -0.3 is 10.2 Å². The molecule has 3 rings (SSSR count).